The summed E-state index contributed by atoms with van der Waals surface area (Å²) in [6, 6.07) is 3.66. The van der Waals surface area contributed by atoms with Crippen molar-refractivity contribution in [2.45, 2.75) is 26.7 Å². The van der Waals surface area contributed by atoms with Crippen LogP contribution in [-0.2, 0) is 14.3 Å². The van der Waals surface area contributed by atoms with Crippen molar-refractivity contribution in [1.82, 2.24) is 0 Å². The van der Waals surface area contributed by atoms with Crippen LogP contribution < -0.4 is 5.32 Å². The largest absolute Gasteiger partial charge is 0.460 e. The molecular formula is C15H20FNO4. The number of rotatable bonds is 8. The molecule has 0 aliphatic rings. The predicted octanol–water partition coefficient (Wildman–Crippen LogP) is 2.76. The van der Waals surface area contributed by atoms with Gasteiger partial charge in [-0.25, -0.2) is 9.18 Å². The summed E-state index contributed by atoms with van der Waals surface area (Å²) in [7, 11) is 0. The highest BCUT2D eigenvalue weighted by atomic mass is 19.1. The maximum atomic E-state index is 13.4. The summed E-state index contributed by atoms with van der Waals surface area (Å²) in [6.07, 6.45) is 2.01. The Morgan fingerprint density at radius 3 is 2.67 bits per heavy atom. The van der Waals surface area contributed by atoms with Gasteiger partial charge >= 0.3 is 5.97 Å². The fourth-order valence-electron chi connectivity index (χ4n) is 1.56. The number of ether oxygens (including phenoxy) is 2. The van der Waals surface area contributed by atoms with Gasteiger partial charge < -0.3 is 14.8 Å². The molecular weight excluding hydrogens is 277 g/mol. The molecule has 0 fully saturated rings. The van der Waals surface area contributed by atoms with E-state index >= 15 is 0 Å². The molecule has 0 aliphatic carbocycles. The normalized spacial score (nSPS) is 10.2. The molecule has 0 aromatic heterocycles. The molecule has 6 heteroatoms. The first-order valence-corrected chi connectivity index (χ1v) is 6.86. The van der Waals surface area contributed by atoms with Gasteiger partial charge in [0.2, 0.25) is 5.91 Å². The lowest BCUT2D eigenvalue weighted by Gasteiger charge is -2.08. The summed E-state index contributed by atoms with van der Waals surface area (Å²) in [5, 5.41) is 2.31. The van der Waals surface area contributed by atoms with Gasteiger partial charge in [0.15, 0.2) is 0 Å². The molecule has 1 aromatic rings. The van der Waals surface area contributed by atoms with Gasteiger partial charge in [-0.2, -0.15) is 0 Å². The van der Waals surface area contributed by atoms with Crippen molar-refractivity contribution in [3.8, 4) is 0 Å². The van der Waals surface area contributed by atoms with E-state index in [0.717, 1.165) is 18.9 Å². The fourth-order valence-corrected chi connectivity index (χ4v) is 1.56. The lowest BCUT2D eigenvalue weighted by Crippen LogP contribution is -2.13. The van der Waals surface area contributed by atoms with E-state index < -0.39 is 17.7 Å². The van der Waals surface area contributed by atoms with Crippen LogP contribution in [0.2, 0.25) is 0 Å². The van der Waals surface area contributed by atoms with Gasteiger partial charge in [0, 0.05) is 13.5 Å². The molecule has 1 aromatic carbocycles. The Kier molecular flexibility index (Phi) is 7.39. The molecule has 0 saturated heterocycles. The fraction of sp³-hybridized carbons (Fsp3) is 0.467. The van der Waals surface area contributed by atoms with Crippen molar-refractivity contribution in [3.63, 3.8) is 0 Å². The molecule has 0 bridgehead atoms. The monoisotopic (exact) mass is 297 g/mol. The molecule has 1 amide bonds. The molecule has 21 heavy (non-hydrogen) atoms. The minimum absolute atomic E-state index is 0.0452. The van der Waals surface area contributed by atoms with Gasteiger partial charge in [-0.3, -0.25) is 4.79 Å². The summed E-state index contributed by atoms with van der Waals surface area (Å²) in [6.45, 7) is 4.42. The lowest BCUT2D eigenvalue weighted by atomic mass is 10.2. The first kappa shape index (κ1) is 17.1. The first-order valence-electron chi connectivity index (χ1n) is 6.86. The third-order valence-electron chi connectivity index (χ3n) is 2.62. The Balaban J connectivity index is 2.48. The number of hydrogen-bond acceptors (Lipinski definition) is 4. The van der Waals surface area contributed by atoms with E-state index in [1.54, 1.807) is 0 Å². The molecule has 0 aliphatic heterocycles. The average Bonchev–Trinajstić information content (AvgIpc) is 2.44. The standard InChI is InChI=1S/C15H20FNO4/c1-3-4-7-20-8-9-21-15(19)12-5-6-13(16)14(10-12)17-11(2)18/h5-6,10H,3-4,7-9H2,1-2H3,(H,17,18). The predicted molar refractivity (Wildman–Crippen MR) is 76.7 cm³/mol. The topological polar surface area (TPSA) is 64.6 Å². The molecule has 0 heterocycles. The van der Waals surface area contributed by atoms with Crippen LogP contribution in [0.15, 0.2) is 18.2 Å². The maximum absolute atomic E-state index is 13.4. The van der Waals surface area contributed by atoms with E-state index in [-0.39, 0.29) is 17.9 Å². The van der Waals surface area contributed by atoms with Crippen LogP contribution in [0.5, 0.6) is 0 Å². The van der Waals surface area contributed by atoms with Crippen molar-refractivity contribution in [3.05, 3.63) is 29.6 Å². The molecule has 116 valence electrons. The summed E-state index contributed by atoms with van der Waals surface area (Å²) in [5.74, 6) is -1.60. The second kappa shape index (κ2) is 9.07. The summed E-state index contributed by atoms with van der Waals surface area (Å²) in [4.78, 5) is 22.7. The molecule has 1 N–H and O–H groups in total. The van der Waals surface area contributed by atoms with Gasteiger partial charge in [0.1, 0.15) is 12.4 Å². The Morgan fingerprint density at radius 2 is 2.00 bits per heavy atom. The van der Waals surface area contributed by atoms with E-state index in [0.29, 0.717) is 13.2 Å². The first-order chi connectivity index (χ1) is 10.0. The number of benzene rings is 1. The van der Waals surface area contributed by atoms with E-state index in [4.69, 9.17) is 9.47 Å². The highest BCUT2D eigenvalue weighted by Crippen LogP contribution is 2.16. The maximum Gasteiger partial charge on any atom is 0.338 e. The number of hydrogen-bond donors (Lipinski definition) is 1. The smallest absolute Gasteiger partial charge is 0.338 e. The van der Waals surface area contributed by atoms with Gasteiger partial charge in [-0.15, -0.1) is 0 Å². The molecule has 0 saturated carbocycles. The van der Waals surface area contributed by atoms with Crippen LogP contribution in [0.4, 0.5) is 10.1 Å². The zero-order chi connectivity index (χ0) is 15.7. The minimum Gasteiger partial charge on any atom is -0.460 e. The number of esters is 1. The van der Waals surface area contributed by atoms with Crippen LogP contribution in [-0.4, -0.2) is 31.7 Å². The number of amides is 1. The van der Waals surface area contributed by atoms with Crippen LogP contribution in [0.25, 0.3) is 0 Å². The van der Waals surface area contributed by atoms with E-state index in [1.807, 2.05) is 0 Å². The molecule has 1 rings (SSSR count). The van der Waals surface area contributed by atoms with E-state index in [1.165, 1.54) is 19.1 Å². The number of carbonyl (C=O) groups excluding carboxylic acids is 2. The number of nitrogens with one attached hydrogen (secondary N) is 1. The highest BCUT2D eigenvalue weighted by molar-refractivity contribution is 5.93. The molecule has 0 spiro atoms. The van der Waals surface area contributed by atoms with Crippen LogP contribution in [0, 0.1) is 5.82 Å². The van der Waals surface area contributed by atoms with Crippen LogP contribution in [0.1, 0.15) is 37.0 Å². The summed E-state index contributed by atoms with van der Waals surface area (Å²) >= 11 is 0. The zero-order valence-corrected chi connectivity index (χ0v) is 12.3. The molecule has 5 nitrogen and oxygen atoms in total. The van der Waals surface area contributed by atoms with Crippen LogP contribution >= 0.6 is 0 Å². The molecule has 0 radical (unpaired) electrons. The Bertz CT molecular complexity index is 491. The van der Waals surface area contributed by atoms with Crippen molar-refractivity contribution in [2.24, 2.45) is 0 Å². The van der Waals surface area contributed by atoms with Crippen molar-refractivity contribution >= 4 is 17.6 Å². The quantitative estimate of drug-likeness (QED) is 0.592. The second-order valence-electron chi connectivity index (χ2n) is 4.48. The van der Waals surface area contributed by atoms with Gasteiger partial charge in [-0.05, 0) is 24.6 Å². The van der Waals surface area contributed by atoms with Gasteiger partial charge in [0.05, 0.1) is 17.9 Å². The lowest BCUT2D eigenvalue weighted by molar-refractivity contribution is -0.114. The molecule has 0 atom stereocenters. The number of carbonyl (C=O) groups is 2. The van der Waals surface area contributed by atoms with E-state index in [2.05, 4.69) is 12.2 Å². The third kappa shape index (κ3) is 6.35. The Morgan fingerprint density at radius 1 is 1.24 bits per heavy atom. The highest BCUT2D eigenvalue weighted by Gasteiger charge is 2.11. The third-order valence-corrected chi connectivity index (χ3v) is 2.62. The van der Waals surface area contributed by atoms with Gasteiger partial charge in [-0.1, -0.05) is 13.3 Å². The van der Waals surface area contributed by atoms with Gasteiger partial charge in [0.25, 0.3) is 0 Å². The van der Waals surface area contributed by atoms with E-state index in [9.17, 15) is 14.0 Å². The Hall–Kier alpha value is -1.95. The SMILES string of the molecule is CCCCOCCOC(=O)c1ccc(F)c(NC(C)=O)c1. The van der Waals surface area contributed by atoms with Crippen molar-refractivity contribution < 1.29 is 23.5 Å². The second-order valence-corrected chi connectivity index (χ2v) is 4.48. The number of anilines is 1. The summed E-state index contributed by atoms with van der Waals surface area (Å²) in [5.41, 5.74) is 0.129. The minimum atomic E-state index is -0.607. The molecule has 0 unspecified atom stereocenters. The number of halogens is 1. The zero-order valence-electron chi connectivity index (χ0n) is 12.3. The Labute approximate surface area is 123 Å². The van der Waals surface area contributed by atoms with Crippen LogP contribution in [0.3, 0.4) is 0 Å². The van der Waals surface area contributed by atoms with Crippen molar-refractivity contribution in [1.29, 1.82) is 0 Å². The average molecular weight is 297 g/mol. The van der Waals surface area contributed by atoms with Crippen molar-refractivity contribution in [2.75, 3.05) is 25.1 Å². The number of unbranched alkanes of at least 4 members (excludes halogenated alkanes) is 1. The summed E-state index contributed by atoms with van der Waals surface area (Å²) < 4.78 is 23.7.